The van der Waals surface area contributed by atoms with Crippen LogP contribution in [-0.2, 0) is 9.13 Å². The van der Waals surface area contributed by atoms with Gasteiger partial charge in [0, 0.05) is 12.2 Å². The molecule has 10 heteroatoms. The largest absolute Gasteiger partial charge is 0.381 e. The van der Waals surface area contributed by atoms with Crippen LogP contribution in [0.25, 0.3) is 0 Å². The minimum absolute atomic E-state index is 0.333. The third kappa shape index (κ3) is 2.57. The summed E-state index contributed by atoms with van der Waals surface area (Å²) in [5.41, 5.74) is 1.68. The fraction of sp³-hybridized carbons (Fsp3) is 0.400. The van der Waals surface area contributed by atoms with Gasteiger partial charge in [0.25, 0.3) is 0 Å². The van der Waals surface area contributed by atoms with Crippen molar-refractivity contribution in [2.24, 2.45) is 0 Å². The summed E-state index contributed by atoms with van der Waals surface area (Å²) in [6.07, 6.45) is 4.28. The molecule has 0 aromatic carbocycles. The number of fused-ring (bicyclic) bond motifs is 1. The quantitative estimate of drug-likeness (QED) is 0.329. The van der Waals surface area contributed by atoms with Crippen LogP contribution < -0.4 is 5.32 Å². The lowest BCUT2D eigenvalue weighted by Gasteiger charge is -2.26. The average Bonchev–Trinajstić information content (AvgIpc) is 2.68. The highest BCUT2D eigenvalue weighted by atomic mass is 32.1. The number of rotatable bonds is 4. The first-order valence-electron chi connectivity index (χ1n) is 5.72. The number of thiol groups is 1. The Hall–Kier alpha value is -0.330. The van der Waals surface area contributed by atoms with Gasteiger partial charge in [0.15, 0.2) is 0 Å². The normalized spacial score (nSPS) is 21.6. The summed E-state index contributed by atoms with van der Waals surface area (Å²) in [6, 6.07) is 0. The molecule has 2 aliphatic rings. The summed E-state index contributed by atoms with van der Waals surface area (Å²) in [4.78, 5) is 35.0. The van der Waals surface area contributed by atoms with Crippen LogP contribution in [0.15, 0.2) is 35.1 Å². The van der Waals surface area contributed by atoms with E-state index in [9.17, 15) is 28.7 Å². The van der Waals surface area contributed by atoms with Gasteiger partial charge >= 0.3 is 15.2 Å². The summed E-state index contributed by atoms with van der Waals surface area (Å²) >= 11 is 4.10. The molecule has 0 aromatic heterocycles. The van der Waals surface area contributed by atoms with E-state index < -0.39 is 20.1 Å². The van der Waals surface area contributed by atoms with Crippen LogP contribution in [-0.4, -0.2) is 36.8 Å². The van der Waals surface area contributed by atoms with Crippen molar-refractivity contribution in [1.82, 2.24) is 5.32 Å². The molecule has 2 rings (SSSR count). The second-order valence-corrected chi connectivity index (χ2v) is 9.11. The molecule has 0 aromatic rings. The lowest BCUT2D eigenvalue weighted by atomic mass is 10.0. The fourth-order valence-electron chi connectivity index (χ4n) is 2.21. The minimum Gasteiger partial charge on any atom is -0.381 e. The molecule has 0 fully saturated rings. The van der Waals surface area contributed by atoms with Crippen LogP contribution in [0, 0.1) is 0 Å². The molecule has 0 atom stereocenters. The molecule has 0 unspecified atom stereocenters. The Kier molecular flexibility index (Phi) is 4.13. The zero-order valence-corrected chi connectivity index (χ0v) is 13.0. The van der Waals surface area contributed by atoms with Gasteiger partial charge in [0.05, 0.1) is 0 Å². The van der Waals surface area contributed by atoms with Crippen molar-refractivity contribution in [3.05, 3.63) is 35.1 Å². The van der Waals surface area contributed by atoms with Gasteiger partial charge in [-0.25, -0.2) is 0 Å². The van der Waals surface area contributed by atoms with E-state index in [1.165, 1.54) is 0 Å². The smallest absolute Gasteiger partial charge is 0.351 e. The standard InChI is InChI=1S/C10H15NO6P2S/c12-18(13,14)10(19(15,16)17)4-8-3-7(1-2-20)6-11-9(8)5-10/h3-5,11,20H,1-2,6H2,(H2,12,13,14)(H2,15,16,17). The third-order valence-corrected chi connectivity index (χ3v) is 7.44. The first-order chi connectivity index (χ1) is 9.11. The van der Waals surface area contributed by atoms with Crippen molar-refractivity contribution in [3.8, 4) is 0 Å². The van der Waals surface area contributed by atoms with Gasteiger partial charge in [0.2, 0.25) is 4.90 Å². The van der Waals surface area contributed by atoms with Crippen molar-refractivity contribution in [2.75, 3.05) is 12.3 Å². The van der Waals surface area contributed by atoms with Crippen molar-refractivity contribution in [2.45, 2.75) is 11.3 Å². The van der Waals surface area contributed by atoms with Gasteiger partial charge in [-0.15, -0.1) is 0 Å². The zero-order chi connectivity index (χ0) is 15.2. The Morgan fingerprint density at radius 1 is 1.20 bits per heavy atom. The highest BCUT2D eigenvalue weighted by Gasteiger charge is 2.59. The number of nitrogens with one attached hydrogen (secondary N) is 1. The van der Waals surface area contributed by atoms with Crippen LogP contribution in [0.3, 0.4) is 0 Å². The van der Waals surface area contributed by atoms with E-state index in [1.807, 2.05) is 0 Å². The van der Waals surface area contributed by atoms with Crippen molar-refractivity contribution in [3.63, 3.8) is 0 Å². The van der Waals surface area contributed by atoms with Gasteiger partial charge in [-0.1, -0.05) is 6.08 Å². The molecule has 0 saturated heterocycles. The van der Waals surface area contributed by atoms with E-state index in [-0.39, 0.29) is 0 Å². The number of hydrogen-bond acceptors (Lipinski definition) is 4. The van der Waals surface area contributed by atoms with Crippen LogP contribution in [0.5, 0.6) is 0 Å². The zero-order valence-electron chi connectivity index (χ0n) is 10.3. The predicted molar refractivity (Wildman–Crippen MR) is 77.5 cm³/mol. The van der Waals surface area contributed by atoms with Gasteiger partial charge in [-0.3, -0.25) is 9.13 Å². The van der Waals surface area contributed by atoms with E-state index in [1.54, 1.807) is 6.08 Å². The van der Waals surface area contributed by atoms with Gasteiger partial charge in [-0.05, 0) is 35.5 Å². The number of hydrogen-bond donors (Lipinski definition) is 6. The lowest BCUT2D eigenvalue weighted by molar-refractivity contribution is 0.333. The van der Waals surface area contributed by atoms with E-state index in [2.05, 4.69) is 17.9 Å². The molecule has 7 nitrogen and oxygen atoms in total. The highest BCUT2D eigenvalue weighted by Crippen LogP contribution is 2.72. The maximum Gasteiger partial charge on any atom is 0.351 e. The summed E-state index contributed by atoms with van der Waals surface area (Å²) in [6.45, 7) is 0.460. The molecule has 0 bridgehead atoms. The van der Waals surface area contributed by atoms with Crippen molar-refractivity contribution in [1.29, 1.82) is 0 Å². The summed E-state index contributed by atoms with van der Waals surface area (Å²) < 4.78 is 23.2. The Balaban J connectivity index is 2.55. The predicted octanol–water partition coefficient (Wildman–Crippen LogP) is 0.711. The van der Waals surface area contributed by atoms with E-state index in [0.29, 0.717) is 30.0 Å². The third-order valence-electron chi connectivity index (χ3n) is 3.27. The monoisotopic (exact) mass is 339 g/mol. The molecule has 20 heavy (non-hydrogen) atoms. The van der Waals surface area contributed by atoms with Gasteiger partial charge < -0.3 is 24.9 Å². The molecule has 0 amide bonds. The fourth-order valence-corrected chi connectivity index (χ4v) is 5.06. The maximum atomic E-state index is 11.6. The molecule has 0 spiro atoms. The molecular weight excluding hydrogens is 324 g/mol. The number of allylic oxidation sites excluding steroid dienone is 3. The first-order valence-corrected chi connectivity index (χ1v) is 9.58. The summed E-state index contributed by atoms with van der Waals surface area (Å²) in [5.74, 6) is 0.613. The van der Waals surface area contributed by atoms with E-state index in [4.69, 9.17) is 0 Å². The Morgan fingerprint density at radius 2 is 1.80 bits per heavy atom. The second kappa shape index (κ2) is 5.14. The molecule has 0 radical (unpaired) electrons. The van der Waals surface area contributed by atoms with Crippen LogP contribution in [0.4, 0.5) is 0 Å². The Labute approximate surface area is 121 Å². The second-order valence-electron chi connectivity index (χ2n) is 4.66. The molecule has 1 aliphatic carbocycles. The molecule has 5 N–H and O–H groups in total. The molecule has 1 aliphatic heterocycles. The van der Waals surface area contributed by atoms with E-state index >= 15 is 0 Å². The maximum absolute atomic E-state index is 11.6. The molecule has 1 heterocycles. The van der Waals surface area contributed by atoms with Crippen molar-refractivity contribution < 1.29 is 28.7 Å². The van der Waals surface area contributed by atoms with E-state index in [0.717, 1.165) is 17.7 Å². The lowest BCUT2D eigenvalue weighted by Crippen LogP contribution is -2.23. The molecule has 0 saturated carbocycles. The highest BCUT2D eigenvalue weighted by molar-refractivity contribution is 7.80. The summed E-state index contributed by atoms with van der Waals surface area (Å²) in [5, 5.41) is 2.92. The van der Waals surface area contributed by atoms with Crippen LogP contribution >= 0.6 is 27.8 Å². The van der Waals surface area contributed by atoms with Crippen LogP contribution in [0.2, 0.25) is 0 Å². The van der Waals surface area contributed by atoms with Crippen molar-refractivity contribution >= 4 is 27.8 Å². The van der Waals surface area contributed by atoms with Gasteiger partial charge in [0.1, 0.15) is 0 Å². The summed E-state index contributed by atoms with van der Waals surface area (Å²) in [7, 11) is -10.1. The molecule has 112 valence electrons. The van der Waals surface area contributed by atoms with Crippen LogP contribution in [0.1, 0.15) is 6.42 Å². The first kappa shape index (κ1) is 16.0. The van der Waals surface area contributed by atoms with Gasteiger partial charge in [-0.2, -0.15) is 12.6 Å². The average molecular weight is 339 g/mol. The SMILES string of the molecule is O=P(O)(O)C1(P(=O)(O)O)C=C2C=C(CCS)CNC2=C1. The topological polar surface area (TPSA) is 127 Å². The Morgan fingerprint density at radius 3 is 2.30 bits per heavy atom. The molecular formula is C10H15NO6P2S. The minimum atomic E-state index is -5.07. The Bertz CT molecular complexity index is 591.